The molecule has 1 fully saturated rings. The molecule has 1 heterocycles. The van der Waals surface area contributed by atoms with Gasteiger partial charge in [0.15, 0.2) is 0 Å². The molecule has 0 unspecified atom stereocenters. The van der Waals surface area contributed by atoms with E-state index < -0.39 is 11.2 Å². The van der Waals surface area contributed by atoms with Gasteiger partial charge >= 0.3 is 5.69 Å². The molecule has 94 valence electrons. The maximum atomic E-state index is 11.7. The first-order chi connectivity index (χ1) is 7.99. The second-order valence-corrected chi connectivity index (χ2v) is 5.81. The first-order valence-corrected chi connectivity index (χ1v) is 6.79. The third-order valence-electron chi connectivity index (χ3n) is 3.54. The lowest BCUT2D eigenvalue weighted by Crippen LogP contribution is -2.43. The molecule has 1 aromatic heterocycles. The predicted octanol–water partition coefficient (Wildman–Crippen LogP) is 0.836. The summed E-state index contributed by atoms with van der Waals surface area (Å²) in [6.07, 6.45) is 5.24. The molecule has 17 heavy (non-hydrogen) atoms. The Labute approximate surface area is 103 Å². The van der Waals surface area contributed by atoms with E-state index in [1.807, 2.05) is 6.26 Å². The van der Waals surface area contributed by atoms with Gasteiger partial charge in [-0.05, 0) is 26.0 Å². The summed E-state index contributed by atoms with van der Waals surface area (Å²) in [6, 6.07) is 0. The minimum atomic E-state index is -0.529. The lowest BCUT2D eigenvalue weighted by Gasteiger charge is -2.40. The summed E-state index contributed by atoms with van der Waals surface area (Å²) in [4.78, 5) is 25.2. The van der Waals surface area contributed by atoms with E-state index in [4.69, 9.17) is 0 Å². The Kier molecular flexibility index (Phi) is 3.07. The fourth-order valence-corrected chi connectivity index (χ4v) is 3.05. The van der Waals surface area contributed by atoms with Gasteiger partial charge in [-0.15, -0.1) is 0 Å². The average molecular weight is 256 g/mol. The van der Waals surface area contributed by atoms with Crippen molar-refractivity contribution < 1.29 is 5.11 Å². The molecule has 1 aromatic rings. The number of aromatic nitrogens is 2. The molecule has 0 bridgehead atoms. The molecular formula is C11H16N2O3S. The van der Waals surface area contributed by atoms with E-state index in [0.717, 1.165) is 19.3 Å². The first kappa shape index (κ1) is 12.3. The zero-order valence-electron chi connectivity index (χ0n) is 9.95. The fraction of sp³-hybridized carbons (Fsp3) is 0.636. The molecule has 0 aliphatic heterocycles. The topological polar surface area (TPSA) is 75.1 Å². The van der Waals surface area contributed by atoms with Crippen molar-refractivity contribution in [1.29, 1.82) is 0 Å². The highest BCUT2D eigenvalue weighted by Crippen LogP contribution is 2.44. The third kappa shape index (κ3) is 2.01. The second-order valence-electron chi connectivity index (χ2n) is 4.53. The number of hydrogen-bond acceptors (Lipinski definition) is 4. The van der Waals surface area contributed by atoms with Crippen LogP contribution in [0.4, 0.5) is 0 Å². The molecule has 0 saturated heterocycles. The van der Waals surface area contributed by atoms with Crippen molar-refractivity contribution in [3.8, 4) is 5.88 Å². The first-order valence-electron chi connectivity index (χ1n) is 5.57. The zero-order valence-corrected chi connectivity index (χ0v) is 10.8. The van der Waals surface area contributed by atoms with Crippen LogP contribution in [0.3, 0.4) is 0 Å². The number of nitrogens with one attached hydrogen (secondary N) is 1. The maximum absolute atomic E-state index is 11.7. The Bertz CT molecular complexity index is 537. The molecule has 0 atom stereocenters. The Morgan fingerprint density at radius 3 is 2.59 bits per heavy atom. The number of aromatic hydroxyl groups is 1. The average Bonchev–Trinajstić information content (AvgIpc) is 2.24. The van der Waals surface area contributed by atoms with Gasteiger partial charge in [0.25, 0.3) is 5.56 Å². The SMILES string of the molecule is CSC1(Cn2c(O)c(C)c(=O)[nH]c2=O)CCC1. The van der Waals surface area contributed by atoms with Gasteiger partial charge < -0.3 is 5.11 Å². The largest absolute Gasteiger partial charge is 0.494 e. The molecule has 0 spiro atoms. The summed E-state index contributed by atoms with van der Waals surface area (Å²) in [5.41, 5.74) is -0.853. The summed E-state index contributed by atoms with van der Waals surface area (Å²) in [5.74, 6) is -0.209. The van der Waals surface area contributed by atoms with Crippen LogP contribution in [-0.4, -0.2) is 25.7 Å². The Morgan fingerprint density at radius 2 is 2.12 bits per heavy atom. The lowest BCUT2D eigenvalue weighted by atomic mass is 9.84. The maximum Gasteiger partial charge on any atom is 0.331 e. The van der Waals surface area contributed by atoms with Crippen LogP contribution < -0.4 is 11.2 Å². The van der Waals surface area contributed by atoms with Crippen molar-refractivity contribution in [2.45, 2.75) is 37.5 Å². The van der Waals surface area contributed by atoms with Crippen LogP contribution in [0, 0.1) is 6.92 Å². The van der Waals surface area contributed by atoms with Gasteiger partial charge in [-0.3, -0.25) is 14.3 Å². The highest BCUT2D eigenvalue weighted by atomic mass is 32.2. The van der Waals surface area contributed by atoms with Gasteiger partial charge in [-0.25, -0.2) is 4.79 Å². The van der Waals surface area contributed by atoms with E-state index in [1.54, 1.807) is 11.8 Å². The molecule has 1 saturated carbocycles. The van der Waals surface area contributed by atoms with Crippen LogP contribution in [0.2, 0.25) is 0 Å². The van der Waals surface area contributed by atoms with Crippen molar-refractivity contribution in [1.82, 2.24) is 9.55 Å². The zero-order chi connectivity index (χ0) is 12.6. The number of rotatable bonds is 3. The van der Waals surface area contributed by atoms with Gasteiger partial charge in [0.2, 0.25) is 5.88 Å². The van der Waals surface area contributed by atoms with Crippen molar-refractivity contribution in [3.63, 3.8) is 0 Å². The molecular weight excluding hydrogens is 240 g/mol. The highest BCUT2D eigenvalue weighted by Gasteiger charge is 2.37. The van der Waals surface area contributed by atoms with E-state index in [-0.39, 0.29) is 16.2 Å². The van der Waals surface area contributed by atoms with E-state index in [9.17, 15) is 14.7 Å². The summed E-state index contributed by atoms with van der Waals surface area (Å²) in [5, 5.41) is 9.87. The van der Waals surface area contributed by atoms with Crippen molar-refractivity contribution in [2.75, 3.05) is 6.26 Å². The molecule has 1 aliphatic carbocycles. The minimum Gasteiger partial charge on any atom is -0.494 e. The number of aromatic amines is 1. The Balaban J connectivity index is 2.43. The molecule has 1 aliphatic rings. The minimum absolute atomic E-state index is 0.0337. The molecule has 5 nitrogen and oxygen atoms in total. The summed E-state index contributed by atoms with van der Waals surface area (Å²) >= 11 is 1.72. The molecule has 6 heteroatoms. The van der Waals surface area contributed by atoms with E-state index in [2.05, 4.69) is 4.98 Å². The monoisotopic (exact) mass is 256 g/mol. The molecule has 0 aromatic carbocycles. The van der Waals surface area contributed by atoms with Gasteiger partial charge in [0.05, 0.1) is 5.56 Å². The molecule has 0 amide bonds. The predicted molar refractivity (Wildman–Crippen MR) is 67.8 cm³/mol. The third-order valence-corrected chi connectivity index (χ3v) is 4.94. The summed E-state index contributed by atoms with van der Waals surface area (Å²) in [7, 11) is 0. The van der Waals surface area contributed by atoms with Gasteiger partial charge in [0, 0.05) is 11.3 Å². The second kappa shape index (κ2) is 4.25. The Morgan fingerprint density at radius 1 is 1.47 bits per heavy atom. The van der Waals surface area contributed by atoms with Crippen molar-refractivity contribution >= 4 is 11.8 Å². The van der Waals surface area contributed by atoms with Gasteiger partial charge in [-0.2, -0.15) is 11.8 Å². The summed E-state index contributed by atoms with van der Waals surface area (Å²) in [6.45, 7) is 1.97. The molecule has 2 N–H and O–H groups in total. The molecule has 2 rings (SSSR count). The van der Waals surface area contributed by atoms with Crippen LogP contribution >= 0.6 is 11.8 Å². The van der Waals surface area contributed by atoms with Crippen LogP contribution in [0.1, 0.15) is 24.8 Å². The van der Waals surface area contributed by atoms with Crippen molar-refractivity contribution in [2.24, 2.45) is 0 Å². The summed E-state index contributed by atoms with van der Waals surface area (Å²) < 4.78 is 1.30. The highest BCUT2D eigenvalue weighted by molar-refractivity contribution is 8.00. The van der Waals surface area contributed by atoms with E-state index >= 15 is 0 Å². The standard InChI is InChI=1S/C11H16N2O3S/c1-7-8(14)12-10(16)13(9(7)15)6-11(17-2)4-3-5-11/h15H,3-6H2,1-2H3,(H,12,14,16). The normalized spacial score (nSPS) is 17.8. The fourth-order valence-electron chi connectivity index (χ4n) is 2.09. The molecule has 0 radical (unpaired) electrons. The van der Waals surface area contributed by atoms with Crippen molar-refractivity contribution in [3.05, 3.63) is 26.4 Å². The number of thioether (sulfide) groups is 1. The van der Waals surface area contributed by atoms with Crippen LogP contribution in [0.25, 0.3) is 0 Å². The van der Waals surface area contributed by atoms with Gasteiger partial charge in [0.1, 0.15) is 0 Å². The quantitative estimate of drug-likeness (QED) is 0.840. The van der Waals surface area contributed by atoms with E-state index in [1.165, 1.54) is 11.5 Å². The van der Waals surface area contributed by atoms with E-state index in [0.29, 0.717) is 6.54 Å². The number of H-pyrrole nitrogens is 1. The number of nitrogens with zero attached hydrogens (tertiary/aromatic N) is 1. The number of hydrogen-bond donors (Lipinski definition) is 2. The Hall–Kier alpha value is -1.17. The van der Waals surface area contributed by atoms with Gasteiger partial charge in [-0.1, -0.05) is 6.42 Å². The van der Waals surface area contributed by atoms with Crippen LogP contribution in [-0.2, 0) is 6.54 Å². The van der Waals surface area contributed by atoms with Crippen LogP contribution in [0.15, 0.2) is 9.59 Å². The lowest BCUT2D eigenvalue weighted by molar-refractivity contribution is 0.293. The van der Waals surface area contributed by atoms with Crippen LogP contribution in [0.5, 0.6) is 5.88 Å². The smallest absolute Gasteiger partial charge is 0.331 e.